The van der Waals surface area contributed by atoms with Gasteiger partial charge in [-0.1, -0.05) is 6.92 Å². The lowest BCUT2D eigenvalue weighted by Crippen LogP contribution is -2.37. The summed E-state index contributed by atoms with van der Waals surface area (Å²) in [6.07, 6.45) is -0.417. The summed E-state index contributed by atoms with van der Waals surface area (Å²) >= 11 is 0. The van der Waals surface area contributed by atoms with Crippen LogP contribution in [0.3, 0.4) is 0 Å². The predicted molar refractivity (Wildman–Crippen MR) is 47.2 cm³/mol. The number of likely N-dealkylation sites (N-methyl/N-ethyl adjacent to an activating group) is 1. The molecule has 0 bridgehead atoms. The minimum Gasteiger partial charge on any atom is -0.465 e. The summed E-state index contributed by atoms with van der Waals surface area (Å²) in [6, 6.07) is -0.769. The van der Waals surface area contributed by atoms with Gasteiger partial charge in [0.25, 0.3) is 5.92 Å². The molecule has 0 N–H and O–H groups in total. The third kappa shape index (κ3) is 2.41. The molecule has 1 unspecified atom stereocenters. The molecular formula is C9H15F2NO2. The Labute approximate surface area is 82.0 Å². The molecule has 1 aliphatic heterocycles. The standard InChI is InChI=1S/C9H15F2NO2/c1-3-12-6-9(10,11)5-7(12)8(13)14-4-2/h7H,3-6H2,1-2H3. The Balaban J connectivity index is 2.63. The van der Waals surface area contributed by atoms with Crippen molar-refractivity contribution in [3.8, 4) is 0 Å². The van der Waals surface area contributed by atoms with Gasteiger partial charge in [0.1, 0.15) is 6.04 Å². The monoisotopic (exact) mass is 207 g/mol. The number of hydrogen-bond acceptors (Lipinski definition) is 3. The van der Waals surface area contributed by atoms with Crippen LogP contribution in [0.5, 0.6) is 0 Å². The summed E-state index contributed by atoms with van der Waals surface area (Å²) in [5, 5.41) is 0. The van der Waals surface area contributed by atoms with Crippen LogP contribution in [-0.2, 0) is 9.53 Å². The molecule has 5 heteroatoms. The lowest BCUT2D eigenvalue weighted by Gasteiger charge is -2.19. The lowest BCUT2D eigenvalue weighted by molar-refractivity contribution is -0.148. The third-order valence-electron chi connectivity index (χ3n) is 2.33. The van der Waals surface area contributed by atoms with E-state index in [0.29, 0.717) is 6.54 Å². The van der Waals surface area contributed by atoms with E-state index in [1.165, 1.54) is 4.90 Å². The van der Waals surface area contributed by atoms with Crippen LogP contribution < -0.4 is 0 Å². The van der Waals surface area contributed by atoms with Gasteiger partial charge in [-0.05, 0) is 13.5 Å². The fraction of sp³-hybridized carbons (Fsp3) is 0.889. The van der Waals surface area contributed by atoms with Gasteiger partial charge in [-0.3, -0.25) is 9.69 Å². The Morgan fingerprint density at radius 2 is 2.21 bits per heavy atom. The van der Waals surface area contributed by atoms with Crippen LogP contribution in [-0.4, -0.2) is 42.5 Å². The number of esters is 1. The van der Waals surface area contributed by atoms with Gasteiger partial charge in [-0.15, -0.1) is 0 Å². The molecule has 0 aromatic heterocycles. The van der Waals surface area contributed by atoms with Gasteiger partial charge in [0.05, 0.1) is 13.2 Å². The van der Waals surface area contributed by atoms with Crippen molar-refractivity contribution in [2.45, 2.75) is 32.2 Å². The molecule has 0 spiro atoms. The SMILES string of the molecule is CCOC(=O)C1CC(F)(F)CN1CC. The normalized spacial score (nSPS) is 26.4. The predicted octanol–water partition coefficient (Wildman–Crippen LogP) is 1.28. The highest BCUT2D eigenvalue weighted by atomic mass is 19.3. The summed E-state index contributed by atoms with van der Waals surface area (Å²) in [6.45, 7) is 3.76. The lowest BCUT2D eigenvalue weighted by atomic mass is 10.2. The fourth-order valence-electron chi connectivity index (χ4n) is 1.69. The highest BCUT2D eigenvalue weighted by molar-refractivity contribution is 5.76. The quantitative estimate of drug-likeness (QED) is 0.653. The highest BCUT2D eigenvalue weighted by Gasteiger charge is 2.47. The van der Waals surface area contributed by atoms with Crippen LogP contribution in [0.15, 0.2) is 0 Å². The molecule has 1 aliphatic rings. The number of carbonyl (C=O) groups excluding carboxylic acids is 1. The second kappa shape index (κ2) is 4.21. The summed E-state index contributed by atoms with van der Waals surface area (Å²) in [5.41, 5.74) is 0. The maximum Gasteiger partial charge on any atom is 0.323 e. The van der Waals surface area contributed by atoms with Crippen LogP contribution in [0.1, 0.15) is 20.3 Å². The van der Waals surface area contributed by atoms with E-state index in [1.807, 2.05) is 0 Å². The van der Waals surface area contributed by atoms with E-state index in [0.717, 1.165) is 0 Å². The van der Waals surface area contributed by atoms with Crippen LogP contribution in [0.2, 0.25) is 0 Å². The van der Waals surface area contributed by atoms with E-state index in [9.17, 15) is 13.6 Å². The molecule has 0 amide bonds. The van der Waals surface area contributed by atoms with Gasteiger partial charge in [0.2, 0.25) is 0 Å². The van der Waals surface area contributed by atoms with E-state index in [-0.39, 0.29) is 13.2 Å². The summed E-state index contributed by atoms with van der Waals surface area (Å²) in [4.78, 5) is 12.8. The van der Waals surface area contributed by atoms with Gasteiger partial charge in [0.15, 0.2) is 0 Å². The second-order valence-electron chi connectivity index (χ2n) is 3.39. The van der Waals surface area contributed by atoms with Gasteiger partial charge in [-0.25, -0.2) is 8.78 Å². The minimum absolute atomic E-state index is 0.235. The van der Waals surface area contributed by atoms with E-state index in [2.05, 4.69) is 0 Å². The second-order valence-corrected chi connectivity index (χ2v) is 3.39. The van der Waals surface area contributed by atoms with Crippen molar-refractivity contribution in [3.63, 3.8) is 0 Å². The van der Waals surface area contributed by atoms with Gasteiger partial charge < -0.3 is 4.74 Å². The number of hydrogen-bond donors (Lipinski definition) is 0. The fourth-order valence-corrected chi connectivity index (χ4v) is 1.69. The van der Waals surface area contributed by atoms with E-state index < -0.39 is 24.4 Å². The minimum atomic E-state index is -2.76. The number of carbonyl (C=O) groups is 1. The molecule has 0 saturated carbocycles. The van der Waals surface area contributed by atoms with Crippen LogP contribution in [0, 0.1) is 0 Å². The highest BCUT2D eigenvalue weighted by Crippen LogP contribution is 2.32. The molecule has 82 valence electrons. The van der Waals surface area contributed by atoms with E-state index in [4.69, 9.17) is 4.74 Å². The number of halogens is 2. The summed E-state index contributed by atoms with van der Waals surface area (Å²) in [5.74, 6) is -3.29. The molecule has 0 aliphatic carbocycles. The number of likely N-dealkylation sites (tertiary alicyclic amines) is 1. The molecular weight excluding hydrogens is 192 g/mol. The number of nitrogens with zero attached hydrogens (tertiary/aromatic N) is 1. The van der Waals surface area contributed by atoms with Gasteiger partial charge in [-0.2, -0.15) is 0 Å². The first-order valence-corrected chi connectivity index (χ1v) is 4.78. The Morgan fingerprint density at radius 1 is 1.57 bits per heavy atom. The summed E-state index contributed by atoms with van der Waals surface area (Å²) in [7, 11) is 0. The van der Waals surface area contributed by atoms with Crippen molar-refractivity contribution in [1.82, 2.24) is 4.90 Å². The third-order valence-corrected chi connectivity index (χ3v) is 2.33. The summed E-state index contributed by atoms with van der Waals surface area (Å²) < 4.78 is 30.7. The largest absolute Gasteiger partial charge is 0.465 e. The molecule has 0 aromatic carbocycles. The number of alkyl halides is 2. The van der Waals surface area contributed by atoms with Crippen molar-refractivity contribution in [1.29, 1.82) is 0 Å². The molecule has 0 radical (unpaired) electrons. The van der Waals surface area contributed by atoms with Crippen LogP contribution >= 0.6 is 0 Å². The van der Waals surface area contributed by atoms with Crippen LogP contribution in [0.4, 0.5) is 8.78 Å². The van der Waals surface area contributed by atoms with Crippen molar-refractivity contribution in [3.05, 3.63) is 0 Å². The van der Waals surface area contributed by atoms with Crippen molar-refractivity contribution < 1.29 is 18.3 Å². The Hall–Kier alpha value is -0.710. The average molecular weight is 207 g/mol. The zero-order valence-corrected chi connectivity index (χ0v) is 8.43. The molecule has 1 rings (SSSR count). The maximum atomic E-state index is 13.0. The Bertz CT molecular complexity index is 221. The van der Waals surface area contributed by atoms with E-state index >= 15 is 0 Å². The first-order chi connectivity index (χ1) is 6.50. The molecule has 1 atom stereocenters. The van der Waals surface area contributed by atoms with Gasteiger partial charge >= 0.3 is 5.97 Å². The average Bonchev–Trinajstić information content (AvgIpc) is 2.41. The van der Waals surface area contributed by atoms with Crippen molar-refractivity contribution in [2.75, 3.05) is 19.7 Å². The first kappa shape index (κ1) is 11.4. The first-order valence-electron chi connectivity index (χ1n) is 4.78. The van der Waals surface area contributed by atoms with Crippen molar-refractivity contribution in [2.24, 2.45) is 0 Å². The molecule has 0 aromatic rings. The molecule has 1 saturated heterocycles. The topological polar surface area (TPSA) is 29.5 Å². The van der Waals surface area contributed by atoms with Crippen molar-refractivity contribution >= 4 is 5.97 Å². The number of rotatable bonds is 3. The maximum absolute atomic E-state index is 13.0. The van der Waals surface area contributed by atoms with E-state index in [1.54, 1.807) is 13.8 Å². The zero-order valence-electron chi connectivity index (χ0n) is 8.43. The zero-order chi connectivity index (χ0) is 10.8. The van der Waals surface area contributed by atoms with Gasteiger partial charge in [0, 0.05) is 6.42 Å². The molecule has 14 heavy (non-hydrogen) atoms. The number of ether oxygens (including phenoxy) is 1. The molecule has 1 heterocycles. The Morgan fingerprint density at radius 3 is 2.71 bits per heavy atom. The smallest absolute Gasteiger partial charge is 0.323 e. The molecule has 1 fully saturated rings. The Kier molecular flexibility index (Phi) is 3.42. The van der Waals surface area contributed by atoms with Crippen LogP contribution in [0.25, 0.3) is 0 Å². The molecule has 3 nitrogen and oxygen atoms in total.